The first-order valence-corrected chi connectivity index (χ1v) is 15.0. The second-order valence-electron chi connectivity index (χ2n) is 11.3. The molecule has 0 radical (unpaired) electrons. The Labute approximate surface area is 270 Å². The number of aromatic amines is 1. The van der Waals surface area contributed by atoms with Gasteiger partial charge in [0.15, 0.2) is 0 Å². The Bertz CT molecular complexity index is 1710. The molecular formula is C34H38N6O7. The molecule has 1 heterocycles. The van der Waals surface area contributed by atoms with Crippen LogP contribution in [0.25, 0.3) is 10.9 Å². The molecular weight excluding hydrogens is 604 g/mol. The molecule has 0 fully saturated rings. The number of carbonyl (C=O) groups is 5. The Morgan fingerprint density at radius 1 is 0.702 bits per heavy atom. The van der Waals surface area contributed by atoms with E-state index in [9.17, 15) is 34.2 Å². The summed E-state index contributed by atoms with van der Waals surface area (Å²) in [5.41, 5.74) is 13.9. The molecule has 4 rings (SSSR count). The fourth-order valence-electron chi connectivity index (χ4n) is 5.11. The smallest absolute Gasteiger partial charge is 0.326 e. The number of aliphatic carboxylic acids is 1. The van der Waals surface area contributed by atoms with Crippen LogP contribution in [0.2, 0.25) is 0 Å². The molecule has 1 aromatic heterocycles. The van der Waals surface area contributed by atoms with E-state index in [4.69, 9.17) is 11.5 Å². The van der Waals surface area contributed by atoms with Crippen molar-refractivity contribution in [3.63, 3.8) is 0 Å². The number of benzene rings is 3. The van der Waals surface area contributed by atoms with E-state index < -0.39 is 53.8 Å². The first kappa shape index (κ1) is 34.2. The van der Waals surface area contributed by atoms with E-state index in [1.807, 2.05) is 24.3 Å². The lowest BCUT2D eigenvalue weighted by Gasteiger charge is -2.25. The van der Waals surface area contributed by atoms with Crippen LogP contribution in [-0.2, 0) is 43.2 Å². The lowest BCUT2D eigenvalue weighted by atomic mass is 10.0. The average molecular weight is 643 g/mol. The van der Waals surface area contributed by atoms with Gasteiger partial charge in [-0.3, -0.25) is 19.2 Å². The van der Waals surface area contributed by atoms with Gasteiger partial charge in [-0.15, -0.1) is 0 Å². The van der Waals surface area contributed by atoms with Crippen molar-refractivity contribution in [2.24, 2.45) is 11.5 Å². The van der Waals surface area contributed by atoms with E-state index >= 15 is 0 Å². The highest BCUT2D eigenvalue weighted by Gasteiger charge is 2.31. The maximum atomic E-state index is 13.8. The number of hydrogen-bond donors (Lipinski definition) is 8. The minimum absolute atomic E-state index is 0.00692. The molecule has 4 atom stereocenters. The van der Waals surface area contributed by atoms with Crippen molar-refractivity contribution in [2.45, 2.75) is 56.3 Å². The van der Waals surface area contributed by atoms with E-state index in [0.29, 0.717) is 16.7 Å². The third kappa shape index (κ3) is 9.90. The van der Waals surface area contributed by atoms with E-state index in [2.05, 4.69) is 20.9 Å². The molecule has 246 valence electrons. The topological polar surface area (TPSA) is 230 Å². The summed E-state index contributed by atoms with van der Waals surface area (Å²) in [5, 5.41) is 28.4. The van der Waals surface area contributed by atoms with Crippen LogP contribution in [0.1, 0.15) is 29.5 Å². The van der Waals surface area contributed by atoms with Crippen LogP contribution in [0.3, 0.4) is 0 Å². The molecule has 0 aliphatic carbocycles. The number of primary amides is 1. The molecule has 0 saturated heterocycles. The van der Waals surface area contributed by atoms with E-state index in [1.165, 1.54) is 12.1 Å². The number of aromatic nitrogens is 1. The summed E-state index contributed by atoms with van der Waals surface area (Å²) in [6.07, 6.45) is 1.50. The van der Waals surface area contributed by atoms with Gasteiger partial charge >= 0.3 is 5.97 Å². The van der Waals surface area contributed by atoms with Crippen molar-refractivity contribution in [3.05, 3.63) is 102 Å². The van der Waals surface area contributed by atoms with E-state index in [-0.39, 0.29) is 37.9 Å². The lowest BCUT2D eigenvalue weighted by molar-refractivity contribution is -0.142. The predicted octanol–water partition coefficient (Wildman–Crippen LogP) is 1.03. The van der Waals surface area contributed by atoms with Crippen molar-refractivity contribution >= 4 is 40.5 Å². The zero-order valence-corrected chi connectivity index (χ0v) is 25.5. The number of para-hydroxylation sites is 1. The van der Waals surface area contributed by atoms with Gasteiger partial charge in [-0.25, -0.2) is 4.79 Å². The van der Waals surface area contributed by atoms with Crippen molar-refractivity contribution in [1.29, 1.82) is 0 Å². The number of aromatic hydroxyl groups is 1. The monoisotopic (exact) mass is 642 g/mol. The predicted molar refractivity (Wildman–Crippen MR) is 174 cm³/mol. The van der Waals surface area contributed by atoms with Crippen LogP contribution in [0.15, 0.2) is 85.1 Å². The summed E-state index contributed by atoms with van der Waals surface area (Å²) in [6.45, 7) is 0. The van der Waals surface area contributed by atoms with Gasteiger partial charge in [-0.1, -0.05) is 60.7 Å². The van der Waals surface area contributed by atoms with Gasteiger partial charge < -0.3 is 42.6 Å². The lowest BCUT2D eigenvalue weighted by Crippen LogP contribution is -2.58. The molecule has 4 amide bonds. The molecule has 0 bridgehead atoms. The summed E-state index contributed by atoms with van der Waals surface area (Å²) >= 11 is 0. The Morgan fingerprint density at radius 2 is 1.26 bits per heavy atom. The molecule has 13 nitrogen and oxygen atoms in total. The van der Waals surface area contributed by atoms with Crippen LogP contribution in [0, 0.1) is 0 Å². The van der Waals surface area contributed by atoms with Crippen LogP contribution in [-0.4, -0.2) is 69.0 Å². The second-order valence-corrected chi connectivity index (χ2v) is 11.3. The highest BCUT2D eigenvalue weighted by Crippen LogP contribution is 2.19. The van der Waals surface area contributed by atoms with Crippen LogP contribution in [0.4, 0.5) is 0 Å². The van der Waals surface area contributed by atoms with Gasteiger partial charge in [0.1, 0.15) is 23.9 Å². The normalized spacial score (nSPS) is 13.6. The maximum absolute atomic E-state index is 13.8. The number of fused-ring (bicyclic) bond motifs is 1. The molecule has 0 aliphatic heterocycles. The number of H-pyrrole nitrogens is 1. The largest absolute Gasteiger partial charge is 0.508 e. The molecule has 4 unspecified atom stereocenters. The van der Waals surface area contributed by atoms with Gasteiger partial charge in [-0.05, 0) is 41.3 Å². The number of phenols is 1. The highest BCUT2D eigenvalue weighted by molar-refractivity contribution is 5.95. The summed E-state index contributed by atoms with van der Waals surface area (Å²) in [6, 6.07) is 17.4. The Balaban J connectivity index is 1.56. The van der Waals surface area contributed by atoms with Gasteiger partial charge in [0.25, 0.3) is 0 Å². The van der Waals surface area contributed by atoms with Gasteiger partial charge in [-0.2, -0.15) is 0 Å². The van der Waals surface area contributed by atoms with Gasteiger partial charge in [0, 0.05) is 42.8 Å². The number of carbonyl (C=O) groups excluding carboxylic acids is 4. The minimum atomic E-state index is -1.31. The Kier molecular flexibility index (Phi) is 11.7. The number of nitrogens with two attached hydrogens (primary N) is 2. The number of phenolic OH excluding ortho intramolecular Hbond substituents is 1. The molecule has 10 N–H and O–H groups in total. The van der Waals surface area contributed by atoms with Crippen LogP contribution in [0.5, 0.6) is 5.75 Å². The molecule has 0 aliphatic rings. The number of nitrogens with one attached hydrogen (secondary N) is 4. The van der Waals surface area contributed by atoms with E-state index in [0.717, 1.165) is 10.9 Å². The summed E-state index contributed by atoms with van der Waals surface area (Å²) < 4.78 is 0. The zero-order valence-electron chi connectivity index (χ0n) is 25.5. The first-order valence-electron chi connectivity index (χ1n) is 15.0. The maximum Gasteiger partial charge on any atom is 0.326 e. The van der Waals surface area contributed by atoms with E-state index in [1.54, 1.807) is 48.7 Å². The molecule has 0 saturated carbocycles. The summed E-state index contributed by atoms with van der Waals surface area (Å²) in [5.74, 6) is -4.05. The Hall–Kier alpha value is -5.69. The van der Waals surface area contributed by atoms with Crippen molar-refractivity contribution in [1.82, 2.24) is 20.9 Å². The molecule has 47 heavy (non-hydrogen) atoms. The fraction of sp³-hybridized carbons (Fsp3) is 0.265. The SMILES string of the molecule is NC(=O)CCC(N)C(=O)NC(Cc1ccc(O)cc1)C(=O)NC(Cc1ccccc1)C(=O)NC(Cc1c[nH]c2ccccc12)C(=O)O. The zero-order chi connectivity index (χ0) is 33.9. The molecule has 3 aromatic carbocycles. The second kappa shape index (κ2) is 16.0. The number of hydrogen-bond acceptors (Lipinski definition) is 7. The standard InChI is InChI=1S/C34H38N6O7/c35-25(14-15-30(36)42)31(43)38-27(17-21-10-12-23(41)13-11-21)32(44)39-28(16-20-6-2-1-3-7-20)33(45)40-29(34(46)47)18-22-19-37-26-9-5-4-8-24(22)26/h1-13,19,25,27-29,37,41H,14-18,35H2,(H2,36,42)(H,38,43)(H,39,44)(H,40,45)(H,46,47). The molecule has 0 spiro atoms. The third-order valence-corrected chi connectivity index (χ3v) is 7.68. The molecule has 4 aromatic rings. The van der Waals surface area contributed by atoms with Crippen LogP contribution < -0.4 is 27.4 Å². The average Bonchev–Trinajstić information content (AvgIpc) is 3.46. The molecule has 13 heteroatoms. The fourth-order valence-corrected chi connectivity index (χ4v) is 5.11. The quantitative estimate of drug-likeness (QED) is 0.0878. The third-order valence-electron chi connectivity index (χ3n) is 7.68. The highest BCUT2D eigenvalue weighted by atomic mass is 16.4. The van der Waals surface area contributed by atoms with Crippen molar-refractivity contribution in [3.8, 4) is 5.75 Å². The Morgan fingerprint density at radius 3 is 1.87 bits per heavy atom. The van der Waals surface area contributed by atoms with Crippen molar-refractivity contribution in [2.75, 3.05) is 0 Å². The number of carboxylic acids is 1. The van der Waals surface area contributed by atoms with Crippen molar-refractivity contribution < 1.29 is 34.2 Å². The first-order chi connectivity index (χ1) is 22.5. The van der Waals surface area contributed by atoms with Gasteiger partial charge in [0.05, 0.1) is 6.04 Å². The minimum Gasteiger partial charge on any atom is -0.508 e. The number of carboxylic acid groups (broad SMARTS) is 1. The summed E-state index contributed by atoms with van der Waals surface area (Å²) in [4.78, 5) is 67.0. The summed E-state index contributed by atoms with van der Waals surface area (Å²) in [7, 11) is 0. The van der Waals surface area contributed by atoms with Crippen LogP contribution >= 0.6 is 0 Å². The number of rotatable bonds is 16. The van der Waals surface area contributed by atoms with Gasteiger partial charge in [0.2, 0.25) is 23.6 Å². The number of amides is 4.